The molecule has 31 heavy (non-hydrogen) atoms. The predicted octanol–water partition coefficient (Wildman–Crippen LogP) is 3.92. The summed E-state index contributed by atoms with van der Waals surface area (Å²) in [5.74, 6) is 0. The van der Waals surface area contributed by atoms with Crippen molar-refractivity contribution in [3.8, 4) is 0 Å². The van der Waals surface area contributed by atoms with Crippen molar-refractivity contribution < 1.29 is 17.9 Å². The summed E-state index contributed by atoms with van der Waals surface area (Å²) in [6.45, 7) is 1.13. The average molecular weight is 437 g/mol. The molecule has 5 rings (SSSR count). The molecule has 0 saturated carbocycles. The van der Waals surface area contributed by atoms with E-state index in [-0.39, 0.29) is 11.1 Å². The topological polar surface area (TPSA) is 76.7 Å². The summed E-state index contributed by atoms with van der Waals surface area (Å²) < 4.78 is 40.1. The second-order valence-electron chi connectivity index (χ2n) is 7.69. The van der Waals surface area contributed by atoms with Gasteiger partial charge in [0.2, 0.25) is 10.0 Å². The molecule has 2 unspecified atom stereocenters. The van der Waals surface area contributed by atoms with Gasteiger partial charge in [0.1, 0.15) is 6.23 Å². The highest BCUT2D eigenvalue weighted by molar-refractivity contribution is 7.89. The van der Waals surface area contributed by atoms with Gasteiger partial charge >= 0.3 is 0 Å². The Labute approximate surface area is 182 Å². The van der Waals surface area contributed by atoms with Crippen LogP contribution in [0.5, 0.6) is 0 Å². The molecular weight excluding hydrogens is 412 g/mol. The monoisotopic (exact) mass is 436 g/mol. The Bertz CT molecular complexity index is 1180. The number of sulfonamides is 1. The molecule has 3 aromatic carbocycles. The Morgan fingerprint density at radius 2 is 1.26 bits per heavy atom. The summed E-state index contributed by atoms with van der Waals surface area (Å²) >= 11 is 0. The minimum Gasteiger partial charge on any atom is -0.358 e. The number of nitrogens with one attached hydrogen (secondary N) is 2. The summed E-state index contributed by atoms with van der Waals surface area (Å²) in [5.41, 5.74) is 5.14. The summed E-state index contributed by atoms with van der Waals surface area (Å²) in [6.07, 6.45) is 0.739. The maximum atomic E-state index is 12.9. The molecule has 160 valence electrons. The molecule has 2 atom stereocenters. The SMILES string of the molecule is O=S(=O)(NC1OCCc2ccccc21)c1ccc(NC2OCCc3ccccc32)cc1. The van der Waals surface area contributed by atoms with Crippen molar-refractivity contribution in [1.29, 1.82) is 0 Å². The van der Waals surface area contributed by atoms with Crippen LogP contribution in [-0.4, -0.2) is 21.6 Å². The molecule has 6 nitrogen and oxygen atoms in total. The van der Waals surface area contributed by atoms with Gasteiger partial charge in [-0.15, -0.1) is 0 Å². The van der Waals surface area contributed by atoms with Gasteiger partial charge in [-0.3, -0.25) is 0 Å². The summed E-state index contributed by atoms with van der Waals surface area (Å²) in [4.78, 5) is 0.190. The zero-order valence-electron chi connectivity index (χ0n) is 17.0. The Hall–Kier alpha value is -2.71. The molecule has 0 aliphatic carbocycles. The zero-order chi connectivity index (χ0) is 21.3. The Balaban J connectivity index is 1.31. The third-order valence-corrected chi connectivity index (χ3v) is 7.13. The van der Waals surface area contributed by atoms with Crippen LogP contribution in [0.1, 0.15) is 34.7 Å². The quantitative estimate of drug-likeness (QED) is 0.634. The Morgan fingerprint density at radius 3 is 1.90 bits per heavy atom. The van der Waals surface area contributed by atoms with E-state index in [4.69, 9.17) is 9.47 Å². The second-order valence-corrected chi connectivity index (χ2v) is 9.40. The lowest BCUT2D eigenvalue weighted by Gasteiger charge is -2.28. The molecule has 0 radical (unpaired) electrons. The highest BCUT2D eigenvalue weighted by Gasteiger charge is 2.26. The lowest BCUT2D eigenvalue weighted by molar-refractivity contribution is 0.0348. The van der Waals surface area contributed by atoms with E-state index in [9.17, 15) is 8.42 Å². The fourth-order valence-corrected chi connectivity index (χ4v) is 5.20. The first-order chi connectivity index (χ1) is 15.1. The summed E-state index contributed by atoms with van der Waals surface area (Å²) in [6, 6.07) is 22.6. The van der Waals surface area contributed by atoms with E-state index in [2.05, 4.69) is 22.2 Å². The number of ether oxygens (including phenoxy) is 2. The van der Waals surface area contributed by atoms with Crippen molar-refractivity contribution in [3.05, 3.63) is 95.1 Å². The van der Waals surface area contributed by atoms with Gasteiger partial charge in [0, 0.05) is 11.3 Å². The Kier molecular flexibility index (Phi) is 5.50. The van der Waals surface area contributed by atoms with Crippen LogP contribution in [0.4, 0.5) is 5.69 Å². The highest BCUT2D eigenvalue weighted by atomic mass is 32.2. The zero-order valence-corrected chi connectivity index (χ0v) is 17.8. The summed E-state index contributed by atoms with van der Waals surface area (Å²) in [7, 11) is -3.74. The fourth-order valence-electron chi connectivity index (χ4n) is 4.10. The van der Waals surface area contributed by atoms with Gasteiger partial charge in [-0.05, 0) is 53.8 Å². The van der Waals surface area contributed by atoms with Crippen molar-refractivity contribution in [3.63, 3.8) is 0 Å². The minimum atomic E-state index is -3.74. The van der Waals surface area contributed by atoms with Gasteiger partial charge in [0.15, 0.2) is 6.23 Å². The maximum absolute atomic E-state index is 12.9. The van der Waals surface area contributed by atoms with Crippen molar-refractivity contribution in [1.82, 2.24) is 4.72 Å². The number of fused-ring (bicyclic) bond motifs is 2. The molecule has 2 aliphatic rings. The van der Waals surface area contributed by atoms with Crippen molar-refractivity contribution in [2.75, 3.05) is 18.5 Å². The third-order valence-electron chi connectivity index (χ3n) is 5.71. The number of hydrogen-bond donors (Lipinski definition) is 2. The van der Waals surface area contributed by atoms with E-state index in [1.54, 1.807) is 24.3 Å². The van der Waals surface area contributed by atoms with Gasteiger partial charge in [0.05, 0.1) is 18.1 Å². The van der Waals surface area contributed by atoms with Crippen LogP contribution < -0.4 is 10.0 Å². The van der Waals surface area contributed by atoms with Crippen molar-refractivity contribution >= 4 is 15.7 Å². The first-order valence-electron chi connectivity index (χ1n) is 10.4. The first-order valence-corrected chi connectivity index (χ1v) is 11.9. The largest absolute Gasteiger partial charge is 0.358 e. The van der Waals surface area contributed by atoms with Gasteiger partial charge in [-0.25, -0.2) is 8.42 Å². The molecule has 7 heteroatoms. The molecule has 0 saturated heterocycles. The van der Waals surface area contributed by atoms with E-state index >= 15 is 0 Å². The molecule has 2 heterocycles. The van der Waals surface area contributed by atoms with Gasteiger partial charge < -0.3 is 14.8 Å². The molecule has 0 spiro atoms. The van der Waals surface area contributed by atoms with Crippen LogP contribution in [0.3, 0.4) is 0 Å². The van der Waals surface area contributed by atoms with E-state index in [0.717, 1.165) is 35.2 Å². The Morgan fingerprint density at radius 1 is 0.710 bits per heavy atom. The standard InChI is InChI=1S/C24H24N2O4S/c27-31(28,26-24-22-8-4-2-6-18(22)14-16-30-24)20-11-9-19(10-12-20)25-23-21-7-3-1-5-17(21)13-15-29-23/h1-12,23-26H,13-16H2. The normalized spacial score (nSPS) is 20.5. The minimum absolute atomic E-state index is 0.190. The molecule has 2 aliphatic heterocycles. The smallest absolute Gasteiger partial charge is 0.242 e. The molecule has 0 bridgehead atoms. The molecule has 2 N–H and O–H groups in total. The average Bonchev–Trinajstić information content (AvgIpc) is 2.80. The van der Waals surface area contributed by atoms with Gasteiger partial charge in [0.25, 0.3) is 0 Å². The van der Waals surface area contributed by atoms with Crippen LogP contribution >= 0.6 is 0 Å². The first kappa shape index (κ1) is 20.2. The number of rotatable bonds is 5. The van der Waals surface area contributed by atoms with E-state index in [1.807, 2.05) is 36.4 Å². The van der Waals surface area contributed by atoms with Crippen molar-refractivity contribution in [2.45, 2.75) is 30.2 Å². The number of benzene rings is 3. The molecule has 0 aromatic heterocycles. The van der Waals surface area contributed by atoms with Crippen LogP contribution in [0, 0.1) is 0 Å². The van der Waals surface area contributed by atoms with Gasteiger partial charge in [-0.1, -0.05) is 48.5 Å². The lowest BCUT2D eigenvalue weighted by Crippen LogP contribution is -2.33. The number of hydrogen-bond acceptors (Lipinski definition) is 5. The molecule has 0 amide bonds. The number of anilines is 1. The summed E-state index contributed by atoms with van der Waals surface area (Å²) in [5, 5.41) is 3.35. The lowest BCUT2D eigenvalue weighted by atomic mass is 10.0. The predicted molar refractivity (Wildman–Crippen MR) is 118 cm³/mol. The van der Waals surface area contributed by atoms with Gasteiger partial charge in [-0.2, -0.15) is 4.72 Å². The van der Waals surface area contributed by atoms with Crippen LogP contribution in [0.25, 0.3) is 0 Å². The van der Waals surface area contributed by atoms with E-state index in [1.165, 1.54) is 5.56 Å². The van der Waals surface area contributed by atoms with E-state index < -0.39 is 16.3 Å². The molecule has 3 aromatic rings. The van der Waals surface area contributed by atoms with Crippen LogP contribution in [0.15, 0.2) is 77.7 Å². The van der Waals surface area contributed by atoms with Crippen LogP contribution in [0.2, 0.25) is 0 Å². The molecular formula is C24H24N2O4S. The maximum Gasteiger partial charge on any atom is 0.242 e. The fraction of sp³-hybridized carbons (Fsp3) is 0.250. The third kappa shape index (κ3) is 4.22. The van der Waals surface area contributed by atoms with Crippen molar-refractivity contribution in [2.24, 2.45) is 0 Å². The van der Waals surface area contributed by atoms with Crippen LogP contribution in [-0.2, 0) is 32.3 Å². The van der Waals surface area contributed by atoms with E-state index in [0.29, 0.717) is 13.2 Å². The second kappa shape index (κ2) is 8.43. The molecule has 0 fully saturated rings. The highest BCUT2D eigenvalue weighted by Crippen LogP contribution is 2.30.